The van der Waals surface area contributed by atoms with Crippen LogP contribution in [0.3, 0.4) is 0 Å². The van der Waals surface area contributed by atoms with Crippen molar-refractivity contribution in [1.82, 2.24) is 4.98 Å². The summed E-state index contributed by atoms with van der Waals surface area (Å²) < 4.78 is 23.9. The molecule has 0 aliphatic heterocycles. The summed E-state index contributed by atoms with van der Waals surface area (Å²) in [5.41, 5.74) is 2.34. The molecule has 2 nitrogen and oxygen atoms in total. The van der Waals surface area contributed by atoms with Crippen LogP contribution in [0.5, 0.6) is 0 Å². The number of rotatable bonds is 3. The summed E-state index contributed by atoms with van der Waals surface area (Å²) in [4.78, 5) is 4.34. The zero-order chi connectivity index (χ0) is 10.7. The molecule has 1 aliphatic carbocycles. The van der Waals surface area contributed by atoms with E-state index in [1.165, 1.54) is 12.0 Å². The molecule has 0 atom stereocenters. The van der Waals surface area contributed by atoms with E-state index in [9.17, 15) is 8.78 Å². The standard InChI is InChI=1S/C11H14F2N2/c12-10(13)7-14-11-6-5-8-3-1-2-4-9(8)15-11/h5-6,10H,1-4,7H2,(H,14,15). The number of hydrogen-bond acceptors (Lipinski definition) is 2. The average Bonchev–Trinajstić information content (AvgIpc) is 2.26. The summed E-state index contributed by atoms with van der Waals surface area (Å²) >= 11 is 0. The minimum atomic E-state index is -2.33. The first kappa shape index (κ1) is 10.3. The van der Waals surface area contributed by atoms with Crippen LogP contribution in [0.2, 0.25) is 0 Å². The third-order valence-electron chi connectivity index (χ3n) is 2.62. The van der Waals surface area contributed by atoms with Crippen molar-refractivity contribution in [3.8, 4) is 0 Å². The molecule has 2 rings (SSSR count). The average molecular weight is 212 g/mol. The van der Waals surface area contributed by atoms with Crippen molar-refractivity contribution in [3.63, 3.8) is 0 Å². The number of halogens is 2. The Kier molecular flexibility index (Phi) is 3.14. The molecule has 1 aliphatic rings. The highest BCUT2D eigenvalue weighted by Crippen LogP contribution is 2.21. The number of hydrogen-bond donors (Lipinski definition) is 1. The monoisotopic (exact) mass is 212 g/mol. The molecule has 0 radical (unpaired) electrons. The van der Waals surface area contributed by atoms with Gasteiger partial charge in [0.1, 0.15) is 5.82 Å². The highest BCUT2D eigenvalue weighted by Gasteiger charge is 2.11. The zero-order valence-electron chi connectivity index (χ0n) is 8.47. The maximum absolute atomic E-state index is 12.0. The molecule has 0 saturated carbocycles. The first-order valence-electron chi connectivity index (χ1n) is 5.26. The summed E-state index contributed by atoms with van der Waals surface area (Å²) in [5.74, 6) is 0.566. The van der Waals surface area contributed by atoms with Crippen LogP contribution in [0, 0.1) is 0 Å². The number of fused-ring (bicyclic) bond motifs is 1. The second kappa shape index (κ2) is 4.55. The van der Waals surface area contributed by atoms with Crippen molar-refractivity contribution in [1.29, 1.82) is 0 Å². The van der Waals surface area contributed by atoms with Crippen LogP contribution in [0.4, 0.5) is 14.6 Å². The lowest BCUT2D eigenvalue weighted by Gasteiger charge is -2.15. The first-order chi connectivity index (χ1) is 7.25. The normalized spacial score (nSPS) is 15.1. The first-order valence-corrected chi connectivity index (χ1v) is 5.26. The van der Waals surface area contributed by atoms with Crippen LogP contribution in [-0.4, -0.2) is 18.0 Å². The van der Waals surface area contributed by atoms with Gasteiger partial charge in [0.15, 0.2) is 0 Å². The third-order valence-corrected chi connectivity index (χ3v) is 2.62. The maximum atomic E-state index is 12.0. The van der Waals surface area contributed by atoms with E-state index in [2.05, 4.69) is 10.3 Å². The number of nitrogens with zero attached hydrogens (tertiary/aromatic N) is 1. The Morgan fingerprint density at radius 3 is 2.87 bits per heavy atom. The molecule has 0 fully saturated rings. The predicted octanol–water partition coefficient (Wildman–Crippen LogP) is 2.64. The fourth-order valence-corrected chi connectivity index (χ4v) is 1.86. The molecule has 0 spiro atoms. The van der Waals surface area contributed by atoms with Gasteiger partial charge in [0.05, 0.1) is 6.54 Å². The van der Waals surface area contributed by atoms with Gasteiger partial charge in [-0.05, 0) is 37.3 Å². The molecule has 0 saturated heterocycles. The number of nitrogens with one attached hydrogen (secondary N) is 1. The molecule has 15 heavy (non-hydrogen) atoms. The van der Waals surface area contributed by atoms with Crippen LogP contribution < -0.4 is 5.32 Å². The van der Waals surface area contributed by atoms with E-state index in [0.717, 1.165) is 25.0 Å². The van der Waals surface area contributed by atoms with Gasteiger partial charge in [0, 0.05) is 5.69 Å². The zero-order valence-corrected chi connectivity index (χ0v) is 8.47. The van der Waals surface area contributed by atoms with E-state index in [-0.39, 0.29) is 6.54 Å². The molecular formula is C11H14F2N2. The maximum Gasteiger partial charge on any atom is 0.255 e. The molecular weight excluding hydrogens is 198 g/mol. The fourth-order valence-electron chi connectivity index (χ4n) is 1.86. The van der Waals surface area contributed by atoms with E-state index in [1.54, 1.807) is 6.07 Å². The van der Waals surface area contributed by atoms with E-state index in [0.29, 0.717) is 5.82 Å². The van der Waals surface area contributed by atoms with E-state index >= 15 is 0 Å². The van der Waals surface area contributed by atoms with Crippen molar-refractivity contribution in [3.05, 3.63) is 23.4 Å². The van der Waals surface area contributed by atoms with Gasteiger partial charge in [-0.25, -0.2) is 13.8 Å². The number of pyridine rings is 1. The van der Waals surface area contributed by atoms with E-state index in [1.807, 2.05) is 6.07 Å². The van der Waals surface area contributed by atoms with Gasteiger partial charge >= 0.3 is 0 Å². The Morgan fingerprint density at radius 2 is 2.07 bits per heavy atom. The number of alkyl halides is 2. The minimum Gasteiger partial charge on any atom is -0.364 e. The van der Waals surface area contributed by atoms with E-state index < -0.39 is 6.43 Å². The fraction of sp³-hybridized carbons (Fsp3) is 0.545. The molecule has 0 amide bonds. The van der Waals surface area contributed by atoms with Gasteiger partial charge in [0.2, 0.25) is 0 Å². The van der Waals surface area contributed by atoms with E-state index in [4.69, 9.17) is 0 Å². The molecule has 1 N–H and O–H groups in total. The number of anilines is 1. The summed E-state index contributed by atoms with van der Waals surface area (Å²) in [5, 5.41) is 2.63. The van der Waals surface area contributed by atoms with Crippen molar-refractivity contribution >= 4 is 5.82 Å². The Hall–Kier alpha value is -1.19. The lowest BCUT2D eigenvalue weighted by molar-refractivity contribution is 0.163. The van der Waals surface area contributed by atoms with Gasteiger partial charge in [-0.3, -0.25) is 0 Å². The summed E-state index contributed by atoms with van der Waals surface area (Å²) in [6, 6.07) is 3.78. The van der Waals surface area contributed by atoms with Crippen molar-refractivity contribution in [2.45, 2.75) is 32.1 Å². The molecule has 0 bridgehead atoms. The molecule has 4 heteroatoms. The summed E-state index contributed by atoms with van der Waals surface area (Å²) in [6.45, 7) is -0.328. The van der Waals surface area contributed by atoms with Crippen LogP contribution in [0.1, 0.15) is 24.1 Å². The Labute approximate surface area is 87.7 Å². The van der Waals surface area contributed by atoms with Crippen LogP contribution in [0.15, 0.2) is 12.1 Å². The molecule has 0 aromatic carbocycles. The second-order valence-electron chi connectivity index (χ2n) is 3.78. The SMILES string of the molecule is FC(F)CNc1ccc2c(n1)CCCC2. The smallest absolute Gasteiger partial charge is 0.255 e. The van der Waals surface area contributed by atoms with Gasteiger partial charge < -0.3 is 5.32 Å². The topological polar surface area (TPSA) is 24.9 Å². The highest BCUT2D eigenvalue weighted by molar-refractivity contribution is 5.39. The minimum absolute atomic E-state index is 0.328. The second-order valence-corrected chi connectivity index (χ2v) is 3.78. The third kappa shape index (κ3) is 2.64. The van der Waals surface area contributed by atoms with Gasteiger partial charge in [0.25, 0.3) is 6.43 Å². The van der Waals surface area contributed by atoms with Crippen molar-refractivity contribution < 1.29 is 8.78 Å². The highest BCUT2D eigenvalue weighted by atomic mass is 19.3. The van der Waals surface area contributed by atoms with Crippen molar-refractivity contribution in [2.24, 2.45) is 0 Å². The molecule has 1 aromatic rings. The predicted molar refractivity (Wildman–Crippen MR) is 55.4 cm³/mol. The number of aromatic nitrogens is 1. The molecule has 1 heterocycles. The molecule has 82 valence electrons. The molecule has 1 aromatic heterocycles. The lowest BCUT2D eigenvalue weighted by Crippen LogP contribution is -2.13. The van der Waals surface area contributed by atoms with Crippen LogP contribution >= 0.6 is 0 Å². The lowest BCUT2D eigenvalue weighted by atomic mass is 9.96. The largest absolute Gasteiger partial charge is 0.364 e. The Balaban J connectivity index is 2.07. The van der Waals surface area contributed by atoms with Gasteiger partial charge in [-0.2, -0.15) is 0 Å². The quantitative estimate of drug-likeness (QED) is 0.833. The van der Waals surface area contributed by atoms with Crippen LogP contribution in [-0.2, 0) is 12.8 Å². The Morgan fingerprint density at radius 1 is 1.27 bits per heavy atom. The summed E-state index contributed by atoms with van der Waals surface area (Å²) in [6.07, 6.45) is 2.07. The molecule has 0 unspecified atom stereocenters. The van der Waals surface area contributed by atoms with Crippen LogP contribution in [0.25, 0.3) is 0 Å². The number of aryl methyl sites for hydroxylation is 2. The Bertz CT molecular complexity index is 339. The summed E-state index contributed by atoms with van der Waals surface area (Å²) in [7, 11) is 0. The van der Waals surface area contributed by atoms with Crippen molar-refractivity contribution in [2.75, 3.05) is 11.9 Å². The van der Waals surface area contributed by atoms with Gasteiger partial charge in [-0.1, -0.05) is 6.07 Å². The van der Waals surface area contributed by atoms with Gasteiger partial charge in [-0.15, -0.1) is 0 Å².